The van der Waals surface area contributed by atoms with Crippen LogP contribution in [-0.2, 0) is 15.1 Å². The Morgan fingerprint density at radius 3 is 2.59 bits per heavy atom. The van der Waals surface area contributed by atoms with Crippen molar-refractivity contribution in [1.82, 2.24) is 0 Å². The lowest BCUT2D eigenvalue weighted by Gasteiger charge is -2.29. The van der Waals surface area contributed by atoms with Crippen LogP contribution in [0.4, 0.5) is 17.1 Å². The van der Waals surface area contributed by atoms with E-state index in [0.29, 0.717) is 47.8 Å². The fourth-order valence-corrected chi connectivity index (χ4v) is 5.89. The lowest BCUT2D eigenvalue weighted by atomic mass is 9.82. The van der Waals surface area contributed by atoms with Crippen molar-refractivity contribution in [2.75, 3.05) is 23.0 Å². The summed E-state index contributed by atoms with van der Waals surface area (Å²) in [6.45, 7) is 6.18. The molecule has 1 N–H and O–H groups in total. The average Bonchev–Trinajstić information content (AvgIpc) is 3.30. The Bertz CT molecular complexity index is 1420. The van der Waals surface area contributed by atoms with Crippen LogP contribution in [0.5, 0.6) is 11.5 Å². The van der Waals surface area contributed by atoms with E-state index >= 15 is 0 Å². The first-order chi connectivity index (χ1) is 18.0. The zero-order valence-corrected chi connectivity index (χ0v) is 20.6. The number of hydrogen-bond donors (Lipinski definition) is 1. The van der Waals surface area contributed by atoms with E-state index in [1.165, 1.54) is 0 Å². The number of hydrogen-bond acceptors (Lipinski definition) is 5. The molecular formula is C30H28N2O5. The predicted molar refractivity (Wildman–Crippen MR) is 140 cm³/mol. The molecule has 7 heteroatoms. The predicted octanol–water partition coefficient (Wildman–Crippen LogP) is 5.31. The Morgan fingerprint density at radius 2 is 1.81 bits per heavy atom. The van der Waals surface area contributed by atoms with E-state index in [-0.39, 0.29) is 30.4 Å². The summed E-state index contributed by atoms with van der Waals surface area (Å²) in [5.41, 5.74) is 1.98. The van der Waals surface area contributed by atoms with E-state index in [9.17, 15) is 14.7 Å². The molecule has 6 rings (SSSR count). The van der Waals surface area contributed by atoms with Crippen molar-refractivity contribution in [2.24, 2.45) is 5.92 Å². The Labute approximate surface area is 215 Å². The number of aliphatic hydroxyl groups is 1. The number of amides is 2. The first-order valence-electron chi connectivity index (χ1n) is 12.6. The van der Waals surface area contributed by atoms with E-state index in [1.54, 1.807) is 28.0 Å². The third kappa shape index (κ3) is 3.42. The number of para-hydroxylation sites is 3. The minimum Gasteiger partial charge on any atom is -0.454 e. The van der Waals surface area contributed by atoms with Crippen LogP contribution in [0, 0.1) is 5.92 Å². The molecule has 3 atom stereocenters. The topological polar surface area (TPSA) is 79.3 Å². The normalized spacial score (nSPS) is 23.9. The van der Waals surface area contributed by atoms with Gasteiger partial charge in [-0.3, -0.25) is 14.5 Å². The van der Waals surface area contributed by atoms with Crippen molar-refractivity contribution in [3.05, 3.63) is 90.5 Å². The van der Waals surface area contributed by atoms with E-state index in [0.717, 1.165) is 11.3 Å². The lowest BCUT2D eigenvalue weighted by molar-refractivity contribution is -0.146. The van der Waals surface area contributed by atoms with Gasteiger partial charge in [0.05, 0.1) is 23.0 Å². The van der Waals surface area contributed by atoms with Crippen LogP contribution >= 0.6 is 0 Å². The van der Waals surface area contributed by atoms with Gasteiger partial charge >= 0.3 is 0 Å². The molecule has 3 aliphatic rings. The van der Waals surface area contributed by atoms with Crippen LogP contribution < -0.4 is 14.5 Å². The van der Waals surface area contributed by atoms with Crippen molar-refractivity contribution in [2.45, 2.75) is 31.5 Å². The standard InChI is InChI=1S/C30H28N2O5/c1-3-15-31-24-13-12-20(18-23(24)30(29(31)35)19(2)17-21(37-30)14-16-33)32-25-9-5-7-11-27(25)36-26-10-6-4-8-22(26)28(32)34/h3-13,18-19,21,33H,1,14-17H2,2H3/t19-,21+,30+/m1/s1. The number of ether oxygens (including phenoxy) is 2. The minimum absolute atomic E-state index is 0.0105. The van der Waals surface area contributed by atoms with Crippen LogP contribution in [0.15, 0.2) is 79.4 Å². The molecule has 0 radical (unpaired) electrons. The van der Waals surface area contributed by atoms with Gasteiger partial charge in [0.2, 0.25) is 0 Å². The number of aliphatic hydroxyl groups excluding tert-OH is 1. The molecule has 7 nitrogen and oxygen atoms in total. The first kappa shape index (κ1) is 23.5. The van der Waals surface area contributed by atoms with Gasteiger partial charge in [-0.1, -0.05) is 37.3 Å². The number of anilines is 3. The molecule has 188 valence electrons. The van der Waals surface area contributed by atoms with Crippen molar-refractivity contribution in [3.8, 4) is 11.5 Å². The van der Waals surface area contributed by atoms with Gasteiger partial charge in [-0.2, -0.15) is 0 Å². The first-order valence-corrected chi connectivity index (χ1v) is 12.6. The van der Waals surface area contributed by atoms with Crippen LogP contribution in [0.25, 0.3) is 0 Å². The van der Waals surface area contributed by atoms with E-state index in [2.05, 4.69) is 6.58 Å². The Kier molecular flexibility index (Phi) is 5.62. The highest BCUT2D eigenvalue weighted by molar-refractivity contribution is 6.15. The molecule has 3 heterocycles. The number of carbonyl (C=O) groups excluding carboxylic acids is 2. The van der Waals surface area contributed by atoms with Crippen molar-refractivity contribution < 1.29 is 24.2 Å². The number of fused-ring (bicyclic) bond motifs is 4. The molecule has 1 spiro atoms. The van der Waals surface area contributed by atoms with Crippen LogP contribution in [-0.4, -0.2) is 36.2 Å². The number of rotatable bonds is 5. The monoisotopic (exact) mass is 496 g/mol. The SMILES string of the molecule is C=CCN1C(=O)[C@@]2(O[C@@H](CCO)C[C@H]2C)c2cc(N3C(=O)c4ccccc4Oc4ccccc43)ccc21. The maximum Gasteiger partial charge on any atom is 0.266 e. The van der Waals surface area contributed by atoms with Gasteiger partial charge in [0.15, 0.2) is 11.4 Å². The Balaban J connectivity index is 1.53. The zero-order chi connectivity index (χ0) is 25.7. The highest BCUT2D eigenvalue weighted by Crippen LogP contribution is 2.55. The molecule has 0 aliphatic carbocycles. The van der Waals surface area contributed by atoms with Gasteiger partial charge in [0.1, 0.15) is 5.75 Å². The maximum atomic E-state index is 13.9. The Hall–Kier alpha value is -3.94. The molecular weight excluding hydrogens is 468 g/mol. The van der Waals surface area contributed by atoms with Crippen LogP contribution in [0.1, 0.15) is 35.7 Å². The van der Waals surface area contributed by atoms with Gasteiger partial charge in [-0.25, -0.2) is 0 Å². The van der Waals surface area contributed by atoms with E-state index < -0.39 is 5.60 Å². The van der Waals surface area contributed by atoms with Crippen molar-refractivity contribution in [3.63, 3.8) is 0 Å². The Morgan fingerprint density at radius 1 is 1.05 bits per heavy atom. The summed E-state index contributed by atoms with van der Waals surface area (Å²) in [6, 6.07) is 20.2. The highest BCUT2D eigenvalue weighted by atomic mass is 16.5. The summed E-state index contributed by atoms with van der Waals surface area (Å²) in [5, 5.41) is 9.54. The van der Waals surface area contributed by atoms with Crippen LogP contribution in [0.2, 0.25) is 0 Å². The largest absolute Gasteiger partial charge is 0.454 e. The second-order valence-corrected chi connectivity index (χ2v) is 9.74. The summed E-state index contributed by atoms with van der Waals surface area (Å²) in [5.74, 6) is 0.585. The van der Waals surface area contributed by atoms with Gasteiger partial charge < -0.3 is 19.5 Å². The summed E-state index contributed by atoms with van der Waals surface area (Å²) >= 11 is 0. The van der Waals surface area contributed by atoms with Crippen LogP contribution in [0.3, 0.4) is 0 Å². The summed E-state index contributed by atoms with van der Waals surface area (Å²) in [4.78, 5) is 31.2. The van der Waals surface area contributed by atoms with Crippen molar-refractivity contribution >= 4 is 28.9 Å². The molecule has 0 aromatic heterocycles. The smallest absolute Gasteiger partial charge is 0.266 e. The second-order valence-electron chi connectivity index (χ2n) is 9.74. The van der Waals surface area contributed by atoms with Gasteiger partial charge in [0.25, 0.3) is 11.8 Å². The quantitative estimate of drug-likeness (QED) is 0.485. The number of nitrogens with zero attached hydrogens (tertiary/aromatic N) is 2. The highest BCUT2D eigenvalue weighted by Gasteiger charge is 2.60. The molecule has 3 aliphatic heterocycles. The second kappa shape index (κ2) is 8.87. The van der Waals surface area contributed by atoms with Crippen molar-refractivity contribution in [1.29, 1.82) is 0 Å². The molecule has 3 aromatic carbocycles. The molecule has 2 amide bonds. The third-order valence-corrected chi connectivity index (χ3v) is 7.56. The van der Waals surface area contributed by atoms with Gasteiger partial charge in [-0.05, 0) is 55.3 Å². The van der Waals surface area contributed by atoms with E-state index in [1.807, 2.05) is 61.5 Å². The molecule has 3 aromatic rings. The molecule has 0 bridgehead atoms. The van der Waals surface area contributed by atoms with Gasteiger partial charge in [-0.15, -0.1) is 6.58 Å². The minimum atomic E-state index is -1.18. The molecule has 37 heavy (non-hydrogen) atoms. The fraction of sp³-hybridized carbons (Fsp3) is 0.267. The zero-order valence-electron chi connectivity index (χ0n) is 20.6. The molecule has 0 saturated carbocycles. The summed E-state index contributed by atoms with van der Waals surface area (Å²) < 4.78 is 12.6. The fourth-order valence-electron chi connectivity index (χ4n) is 5.89. The molecule has 1 saturated heterocycles. The number of benzene rings is 3. The summed E-state index contributed by atoms with van der Waals surface area (Å²) in [7, 11) is 0. The van der Waals surface area contributed by atoms with E-state index in [4.69, 9.17) is 9.47 Å². The lowest BCUT2D eigenvalue weighted by Crippen LogP contribution is -2.44. The molecule has 1 fully saturated rings. The summed E-state index contributed by atoms with van der Waals surface area (Å²) in [6.07, 6.45) is 2.58. The average molecular weight is 497 g/mol. The third-order valence-electron chi connectivity index (χ3n) is 7.56. The maximum absolute atomic E-state index is 13.9. The number of carbonyl (C=O) groups is 2. The molecule has 0 unspecified atom stereocenters. The van der Waals surface area contributed by atoms with Gasteiger partial charge in [0, 0.05) is 30.3 Å².